The summed E-state index contributed by atoms with van der Waals surface area (Å²) in [6.07, 6.45) is -2.56. The molecule has 0 aromatic heterocycles. The molecular weight excluding hydrogens is 293 g/mol. The number of rotatable bonds is 4. The van der Waals surface area contributed by atoms with Crippen LogP contribution in [0.4, 0.5) is 9.18 Å². The van der Waals surface area contributed by atoms with Crippen molar-refractivity contribution in [2.45, 2.75) is 71.5 Å². The number of alkyl halides is 1. The summed E-state index contributed by atoms with van der Waals surface area (Å²) < 4.78 is 29.5. The van der Waals surface area contributed by atoms with E-state index in [1.807, 2.05) is 0 Å². The fourth-order valence-corrected chi connectivity index (χ4v) is 2.31. The highest BCUT2D eigenvalue weighted by molar-refractivity contribution is 5.75. The predicted octanol–water partition coefficient (Wildman–Crippen LogP) is 2.65. The summed E-state index contributed by atoms with van der Waals surface area (Å²) in [5.41, 5.74) is -1.59. The third kappa shape index (κ3) is 4.83. The van der Waals surface area contributed by atoms with Gasteiger partial charge in [-0.15, -0.1) is 0 Å². The minimum atomic E-state index is -1.80. The van der Waals surface area contributed by atoms with E-state index in [9.17, 15) is 14.0 Å². The van der Waals surface area contributed by atoms with Gasteiger partial charge in [-0.1, -0.05) is 0 Å². The van der Waals surface area contributed by atoms with Crippen molar-refractivity contribution in [2.75, 3.05) is 13.2 Å². The molecule has 1 fully saturated rings. The molecule has 2 atom stereocenters. The Labute approximate surface area is 130 Å². The Balaban J connectivity index is 2.81. The van der Waals surface area contributed by atoms with Gasteiger partial charge in [0.15, 0.2) is 6.17 Å². The summed E-state index contributed by atoms with van der Waals surface area (Å²) in [5.74, 6) is -0.920. The highest BCUT2D eigenvalue weighted by atomic mass is 19.1. The van der Waals surface area contributed by atoms with Gasteiger partial charge >= 0.3 is 12.1 Å². The number of nitrogens with zero attached hydrogens (tertiary/aromatic N) is 1. The molecule has 0 aliphatic carbocycles. The van der Waals surface area contributed by atoms with Crippen molar-refractivity contribution in [1.82, 2.24) is 4.90 Å². The van der Waals surface area contributed by atoms with Gasteiger partial charge in [-0.05, 0) is 41.5 Å². The molecule has 128 valence electrons. The van der Waals surface area contributed by atoms with Gasteiger partial charge in [0.25, 0.3) is 0 Å². The quantitative estimate of drug-likeness (QED) is 0.745. The van der Waals surface area contributed by atoms with Crippen LogP contribution in [0, 0.1) is 0 Å². The van der Waals surface area contributed by atoms with Crippen LogP contribution in [-0.2, 0) is 19.0 Å². The second-order valence-corrected chi connectivity index (χ2v) is 6.72. The molecule has 1 rings (SSSR count). The lowest BCUT2D eigenvalue weighted by Crippen LogP contribution is -2.50. The Morgan fingerprint density at radius 3 is 2.50 bits per heavy atom. The standard InChI is InChI=1S/C15H26FNO5/c1-7-20-12(18)11(16)8-10-9-21-15(5,6)17(10)13(19)22-14(2,3)4/h10-11H,7-9H2,1-6H3. The number of hydrogen-bond acceptors (Lipinski definition) is 5. The molecule has 0 N–H and O–H groups in total. The van der Waals surface area contributed by atoms with E-state index in [1.54, 1.807) is 41.5 Å². The number of carbonyl (C=O) groups excluding carboxylic acids is 2. The van der Waals surface area contributed by atoms with Crippen molar-refractivity contribution in [3.8, 4) is 0 Å². The molecule has 1 amide bonds. The third-order valence-corrected chi connectivity index (χ3v) is 3.19. The minimum Gasteiger partial charge on any atom is -0.464 e. The van der Waals surface area contributed by atoms with E-state index in [2.05, 4.69) is 4.74 Å². The Hall–Kier alpha value is -1.37. The van der Waals surface area contributed by atoms with Crippen LogP contribution < -0.4 is 0 Å². The number of esters is 1. The van der Waals surface area contributed by atoms with Crippen LogP contribution in [0.3, 0.4) is 0 Å². The fraction of sp³-hybridized carbons (Fsp3) is 0.867. The van der Waals surface area contributed by atoms with Crippen molar-refractivity contribution in [2.24, 2.45) is 0 Å². The molecule has 1 aliphatic heterocycles. The fourth-order valence-electron chi connectivity index (χ4n) is 2.31. The van der Waals surface area contributed by atoms with Crippen LogP contribution in [0.2, 0.25) is 0 Å². The van der Waals surface area contributed by atoms with Crippen molar-refractivity contribution < 1.29 is 28.2 Å². The van der Waals surface area contributed by atoms with Crippen LogP contribution in [0.15, 0.2) is 0 Å². The van der Waals surface area contributed by atoms with E-state index in [0.717, 1.165) is 0 Å². The van der Waals surface area contributed by atoms with Gasteiger partial charge in [-0.3, -0.25) is 4.90 Å². The summed E-state index contributed by atoms with van der Waals surface area (Å²) in [5, 5.41) is 0. The normalized spacial score (nSPS) is 22.3. The lowest BCUT2D eigenvalue weighted by molar-refractivity contribution is -0.149. The number of hydrogen-bond donors (Lipinski definition) is 0. The van der Waals surface area contributed by atoms with E-state index < -0.39 is 35.6 Å². The third-order valence-electron chi connectivity index (χ3n) is 3.19. The van der Waals surface area contributed by atoms with Gasteiger partial charge < -0.3 is 14.2 Å². The van der Waals surface area contributed by atoms with E-state index in [4.69, 9.17) is 9.47 Å². The van der Waals surface area contributed by atoms with Gasteiger partial charge in [-0.2, -0.15) is 0 Å². The largest absolute Gasteiger partial charge is 0.464 e. The summed E-state index contributed by atoms with van der Waals surface area (Å²) in [4.78, 5) is 25.1. The molecule has 1 saturated heterocycles. The zero-order valence-corrected chi connectivity index (χ0v) is 14.1. The monoisotopic (exact) mass is 319 g/mol. The van der Waals surface area contributed by atoms with Gasteiger partial charge in [0.1, 0.15) is 11.3 Å². The van der Waals surface area contributed by atoms with Crippen molar-refractivity contribution >= 4 is 12.1 Å². The second kappa shape index (κ2) is 6.81. The van der Waals surface area contributed by atoms with Gasteiger partial charge in [0.05, 0.1) is 19.3 Å². The van der Waals surface area contributed by atoms with Crippen molar-refractivity contribution in [3.05, 3.63) is 0 Å². The molecule has 0 aromatic carbocycles. The van der Waals surface area contributed by atoms with E-state index in [0.29, 0.717) is 0 Å². The Morgan fingerprint density at radius 2 is 2.00 bits per heavy atom. The Morgan fingerprint density at radius 1 is 1.41 bits per heavy atom. The van der Waals surface area contributed by atoms with Crippen LogP contribution in [0.1, 0.15) is 48.0 Å². The Bertz CT molecular complexity index is 419. The molecule has 0 radical (unpaired) electrons. The molecule has 1 heterocycles. The molecule has 0 bridgehead atoms. The Kier molecular flexibility index (Phi) is 5.78. The highest BCUT2D eigenvalue weighted by Crippen LogP contribution is 2.31. The van der Waals surface area contributed by atoms with Gasteiger partial charge in [0.2, 0.25) is 0 Å². The lowest BCUT2D eigenvalue weighted by Gasteiger charge is -2.35. The summed E-state index contributed by atoms with van der Waals surface area (Å²) >= 11 is 0. The van der Waals surface area contributed by atoms with Crippen molar-refractivity contribution in [1.29, 1.82) is 0 Å². The number of halogens is 1. The van der Waals surface area contributed by atoms with E-state index in [-0.39, 0.29) is 19.6 Å². The zero-order valence-electron chi connectivity index (χ0n) is 14.1. The van der Waals surface area contributed by atoms with Gasteiger partial charge in [-0.25, -0.2) is 14.0 Å². The highest BCUT2D eigenvalue weighted by Gasteiger charge is 2.47. The van der Waals surface area contributed by atoms with Crippen LogP contribution >= 0.6 is 0 Å². The minimum absolute atomic E-state index is 0.113. The summed E-state index contributed by atoms with van der Waals surface area (Å²) in [6.45, 7) is 10.5. The number of ether oxygens (including phenoxy) is 3. The topological polar surface area (TPSA) is 65.1 Å². The van der Waals surface area contributed by atoms with Crippen LogP contribution in [0.5, 0.6) is 0 Å². The molecule has 0 spiro atoms. The molecule has 7 heteroatoms. The van der Waals surface area contributed by atoms with Crippen LogP contribution in [0.25, 0.3) is 0 Å². The van der Waals surface area contributed by atoms with E-state index in [1.165, 1.54) is 4.90 Å². The molecule has 6 nitrogen and oxygen atoms in total. The average Bonchev–Trinajstić information content (AvgIpc) is 2.62. The first-order valence-electron chi connectivity index (χ1n) is 7.45. The molecular formula is C15H26FNO5. The SMILES string of the molecule is CCOC(=O)C(F)CC1COC(C)(C)N1C(=O)OC(C)(C)C. The smallest absolute Gasteiger partial charge is 0.412 e. The molecule has 22 heavy (non-hydrogen) atoms. The van der Waals surface area contributed by atoms with Crippen molar-refractivity contribution in [3.63, 3.8) is 0 Å². The molecule has 1 aliphatic rings. The molecule has 2 unspecified atom stereocenters. The van der Waals surface area contributed by atoms with Gasteiger partial charge in [0, 0.05) is 6.42 Å². The maximum atomic E-state index is 14.0. The maximum absolute atomic E-state index is 14.0. The first kappa shape index (κ1) is 18.7. The average molecular weight is 319 g/mol. The first-order valence-corrected chi connectivity index (χ1v) is 7.45. The number of carbonyl (C=O) groups is 2. The zero-order chi connectivity index (χ0) is 17.1. The molecule has 0 aromatic rings. The summed E-state index contributed by atoms with van der Waals surface area (Å²) in [7, 11) is 0. The molecule has 0 saturated carbocycles. The lowest BCUT2D eigenvalue weighted by atomic mass is 10.1. The first-order chi connectivity index (χ1) is 9.98. The predicted molar refractivity (Wildman–Crippen MR) is 78.0 cm³/mol. The number of amides is 1. The summed E-state index contributed by atoms with van der Waals surface area (Å²) in [6, 6.07) is -0.579. The van der Waals surface area contributed by atoms with Crippen LogP contribution in [-0.4, -0.2) is 53.7 Å². The second-order valence-electron chi connectivity index (χ2n) is 6.72. The van der Waals surface area contributed by atoms with E-state index >= 15 is 0 Å². The maximum Gasteiger partial charge on any atom is 0.412 e.